The van der Waals surface area contributed by atoms with E-state index in [0.717, 1.165) is 6.42 Å². The van der Waals surface area contributed by atoms with Crippen molar-refractivity contribution >= 4 is 12.0 Å². The fourth-order valence-corrected chi connectivity index (χ4v) is 2.13. The van der Waals surface area contributed by atoms with Gasteiger partial charge in [0.05, 0.1) is 18.8 Å². The summed E-state index contributed by atoms with van der Waals surface area (Å²) >= 11 is 0. The maximum atomic E-state index is 12.1. The number of amides is 2. The average molecular weight is 272 g/mol. The van der Waals surface area contributed by atoms with Gasteiger partial charge in [0.2, 0.25) is 0 Å². The predicted molar refractivity (Wildman–Crippen MR) is 71.0 cm³/mol. The van der Waals surface area contributed by atoms with Crippen molar-refractivity contribution in [1.29, 1.82) is 0 Å². The van der Waals surface area contributed by atoms with Gasteiger partial charge in [0.15, 0.2) is 0 Å². The predicted octanol–water partition coefficient (Wildman–Crippen LogP) is 1.31. The molecule has 1 fully saturated rings. The van der Waals surface area contributed by atoms with Crippen molar-refractivity contribution in [2.45, 2.75) is 45.8 Å². The molecule has 3 unspecified atom stereocenters. The van der Waals surface area contributed by atoms with Gasteiger partial charge in [0, 0.05) is 19.5 Å². The van der Waals surface area contributed by atoms with Crippen molar-refractivity contribution in [3.63, 3.8) is 0 Å². The lowest BCUT2D eigenvalue weighted by atomic mass is 10.0. The highest BCUT2D eigenvalue weighted by Crippen LogP contribution is 2.12. The van der Waals surface area contributed by atoms with Crippen LogP contribution in [0.25, 0.3) is 0 Å². The molecule has 1 heterocycles. The lowest BCUT2D eigenvalue weighted by Gasteiger charge is -2.36. The number of carboxylic acid groups (broad SMARTS) is 1. The van der Waals surface area contributed by atoms with Crippen molar-refractivity contribution in [3.8, 4) is 0 Å². The van der Waals surface area contributed by atoms with Gasteiger partial charge in [-0.15, -0.1) is 0 Å². The molecule has 0 bridgehead atoms. The Bertz CT molecular complexity index is 322. The molecule has 1 aliphatic rings. The van der Waals surface area contributed by atoms with E-state index < -0.39 is 5.97 Å². The van der Waals surface area contributed by atoms with Crippen molar-refractivity contribution in [3.05, 3.63) is 0 Å². The number of carbonyl (C=O) groups excluding carboxylic acids is 1. The molecule has 2 amide bonds. The van der Waals surface area contributed by atoms with Crippen LogP contribution < -0.4 is 5.32 Å². The number of hydrogen-bond acceptors (Lipinski definition) is 3. The molecule has 19 heavy (non-hydrogen) atoms. The zero-order chi connectivity index (χ0) is 14.4. The fraction of sp³-hybridized carbons (Fsp3) is 0.846. The number of ether oxygens (including phenoxy) is 1. The fourth-order valence-electron chi connectivity index (χ4n) is 2.13. The van der Waals surface area contributed by atoms with Gasteiger partial charge in [-0.25, -0.2) is 4.79 Å². The molecule has 110 valence electrons. The molecule has 1 aliphatic heterocycles. The van der Waals surface area contributed by atoms with Gasteiger partial charge in [-0.2, -0.15) is 0 Å². The first-order chi connectivity index (χ1) is 8.93. The number of carbonyl (C=O) groups is 2. The number of carboxylic acids is 1. The Labute approximate surface area is 114 Å². The topological polar surface area (TPSA) is 78.9 Å². The maximum absolute atomic E-state index is 12.1. The van der Waals surface area contributed by atoms with Crippen molar-refractivity contribution in [2.24, 2.45) is 5.92 Å². The van der Waals surface area contributed by atoms with Crippen LogP contribution >= 0.6 is 0 Å². The van der Waals surface area contributed by atoms with E-state index in [1.54, 1.807) is 4.90 Å². The second kappa shape index (κ2) is 7.33. The molecule has 1 rings (SSSR count). The monoisotopic (exact) mass is 272 g/mol. The van der Waals surface area contributed by atoms with Crippen LogP contribution in [0.5, 0.6) is 0 Å². The lowest BCUT2D eigenvalue weighted by Crippen LogP contribution is -2.54. The van der Waals surface area contributed by atoms with E-state index in [0.29, 0.717) is 19.7 Å². The van der Waals surface area contributed by atoms with Gasteiger partial charge in [-0.1, -0.05) is 13.3 Å². The summed E-state index contributed by atoms with van der Waals surface area (Å²) in [6.45, 7) is 7.33. The molecular weight excluding hydrogens is 248 g/mol. The second-order valence-corrected chi connectivity index (χ2v) is 5.20. The van der Waals surface area contributed by atoms with Crippen molar-refractivity contribution in [2.75, 3.05) is 19.7 Å². The van der Waals surface area contributed by atoms with E-state index in [2.05, 4.69) is 5.32 Å². The number of morpholine rings is 1. The van der Waals surface area contributed by atoms with Gasteiger partial charge in [0.1, 0.15) is 0 Å². The third-order valence-electron chi connectivity index (χ3n) is 3.45. The molecule has 0 aromatic carbocycles. The summed E-state index contributed by atoms with van der Waals surface area (Å²) in [5.41, 5.74) is 0. The molecule has 3 atom stereocenters. The maximum Gasteiger partial charge on any atom is 0.317 e. The Morgan fingerprint density at radius 1 is 1.47 bits per heavy atom. The lowest BCUT2D eigenvalue weighted by molar-refractivity contribution is -0.138. The second-order valence-electron chi connectivity index (χ2n) is 5.20. The first-order valence-corrected chi connectivity index (χ1v) is 6.81. The van der Waals surface area contributed by atoms with E-state index in [4.69, 9.17) is 9.84 Å². The summed E-state index contributed by atoms with van der Waals surface area (Å²) < 4.78 is 5.47. The molecule has 6 heteroatoms. The van der Waals surface area contributed by atoms with Gasteiger partial charge >= 0.3 is 12.0 Å². The number of hydrogen-bond donors (Lipinski definition) is 2. The quantitative estimate of drug-likeness (QED) is 0.791. The number of aliphatic carboxylic acids is 1. The van der Waals surface area contributed by atoms with E-state index in [1.165, 1.54) is 0 Å². The summed E-state index contributed by atoms with van der Waals surface area (Å²) in [5, 5.41) is 11.6. The van der Waals surface area contributed by atoms with Crippen LogP contribution in [0, 0.1) is 5.92 Å². The highest BCUT2D eigenvalue weighted by atomic mass is 16.5. The third kappa shape index (κ3) is 5.06. The van der Waals surface area contributed by atoms with Gasteiger partial charge in [-0.3, -0.25) is 4.79 Å². The van der Waals surface area contributed by atoms with E-state index in [9.17, 15) is 9.59 Å². The van der Waals surface area contributed by atoms with E-state index >= 15 is 0 Å². The molecule has 0 radical (unpaired) electrons. The summed E-state index contributed by atoms with van der Waals surface area (Å²) in [7, 11) is 0. The van der Waals surface area contributed by atoms with Crippen LogP contribution in [0.15, 0.2) is 0 Å². The Morgan fingerprint density at radius 2 is 2.16 bits per heavy atom. The minimum atomic E-state index is -0.825. The van der Waals surface area contributed by atoms with Crippen LogP contribution in [0.2, 0.25) is 0 Å². The van der Waals surface area contributed by atoms with Crippen LogP contribution in [0.3, 0.4) is 0 Å². The van der Waals surface area contributed by atoms with Gasteiger partial charge in [0.25, 0.3) is 0 Å². The van der Waals surface area contributed by atoms with E-state index in [1.807, 2.05) is 20.8 Å². The molecule has 0 aromatic rings. The Kier molecular flexibility index (Phi) is 6.08. The molecule has 0 aromatic heterocycles. The van der Waals surface area contributed by atoms with Crippen molar-refractivity contribution in [1.82, 2.24) is 10.2 Å². The molecule has 0 aliphatic carbocycles. The number of rotatable bonds is 5. The van der Waals surface area contributed by atoms with Gasteiger partial charge < -0.3 is 20.1 Å². The number of nitrogens with one attached hydrogen (secondary N) is 1. The highest BCUT2D eigenvalue weighted by Gasteiger charge is 2.27. The molecule has 0 saturated carbocycles. The zero-order valence-corrected chi connectivity index (χ0v) is 11.9. The summed E-state index contributed by atoms with van der Waals surface area (Å²) in [4.78, 5) is 24.5. The molecule has 6 nitrogen and oxygen atoms in total. The van der Waals surface area contributed by atoms with Crippen LogP contribution in [0.1, 0.15) is 33.6 Å². The molecule has 0 spiro atoms. The minimum absolute atomic E-state index is 0.0183. The smallest absolute Gasteiger partial charge is 0.317 e. The summed E-state index contributed by atoms with van der Waals surface area (Å²) in [5.74, 6) is -0.843. The Morgan fingerprint density at radius 3 is 2.74 bits per heavy atom. The zero-order valence-electron chi connectivity index (χ0n) is 11.9. The molecular formula is C13H24N2O4. The first kappa shape index (κ1) is 15.8. The minimum Gasteiger partial charge on any atom is -0.481 e. The van der Waals surface area contributed by atoms with E-state index in [-0.39, 0.29) is 30.5 Å². The van der Waals surface area contributed by atoms with Crippen LogP contribution in [-0.4, -0.2) is 53.8 Å². The normalized spacial score (nSPS) is 24.9. The van der Waals surface area contributed by atoms with Crippen molar-refractivity contribution < 1.29 is 19.4 Å². The number of urea groups is 1. The van der Waals surface area contributed by atoms with Crippen LogP contribution in [-0.2, 0) is 9.53 Å². The summed E-state index contributed by atoms with van der Waals surface area (Å²) in [6, 6.07) is -0.0813. The first-order valence-electron chi connectivity index (χ1n) is 6.81. The Balaban J connectivity index is 2.42. The third-order valence-corrected chi connectivity index (χ3v) is 3.45. The molecule has 1 saturated heterocycles. The highest BCUT2D eigenvalue weighted by molar-refractivity contribution is 5.74. The number of nitrogens with zero attached hydrogens (tertiary/aromatic N) is 1. The molecule has 2 N–H and O–H groups in total. The Hall–Kier alpha value is -1.30. The van der Waals surface area contributed by atoms with Gasteiger partial charge in [-0.05, 0) is 19.8 Å². The standard InChI is InChI=1S/C13H24N2O4/c1-4-11(5-12(16)17)6-14-13(18)15-7-10(3)19-8-9(15)2/h9-11H,4-8H2,1-3H3,(H,14,18)(H,16,17). The van der Waals surface area contributed by atoms with Crippen LogP contribution in [0.4, 0.5) is 4.79 Å². The SMILES string of the molecule is CCC(CNC(=O)N1CC(C)OCC1C)CC(=O)O. The largest absolute Gasteiger partial charge is 0.481 e. The summed E-state index contributed by atoms with van der Waals surface area (Å²) in [6.07, 6.45) is 0.871. The average Bonchev–Trinajstić information content (AvgIpc) is 2.36.